The molecule has 1 aromatic heterocycles. The van der Waals surface area contributed by atoms with Crippen LogP contribution in [-0.4, -0.2) is 30.9 Å². The maximum atomic E-state index is 12.0. The largest absolute Gasteiger partial charge is 0.341 e. The van der Waals surface area contributed by atoms with Crippen LogP contribution in [0.3, 0.4) is 0 Å². The van der Waals surface area contributed by atoms with Gasteiger partial charge in [-0.2, -0.15) is 0 Å². The van der Waals surface area contributed by atoms with E-state index in [-0.39, 0.29) is 18.3 Å². The predicted molar refractivity (Wildman–Crippen MR) is 83.0 cm³/mol. The highest BCUT2D eigenvalue weighted by molar-refractivity contribution is 7.10. The molecule has 5 heteroatoms. The van der Waals surface area contributed by atoms with E-state index >= 15 is 0 Å². The van der Waals surface area contributed by atoms with Gasteiger partial charge in [-0.15, -0.1) is 23.7 Å². The summed E-state index contributed by atoms with van der Waals surface area (Å²) in [7, 11) is 1.91. The molecule has 1 aromatic rings. The molecule has 0 aliphatic carbocycles. The summed E-state index contributed by atoms with van der Waals surface area (Å²) in [5.74, 6) is 0.973. The summed E-state index contributed by atoms with van der Waals surface area (Å²) < 4.78 is 0. The Hall–Kier alpha value is -0.580. The van der Waals surface area contributed by atoms with Crippen molar-refractivity contribution in [2.24, 2.45) is 5.92 Å². The summed E-state index contributed by atoms with van der Waals surface area (Å²) in [6.07, 6.45) is 2.94. The fourth-order valence-corrected chi connectivity index (χ4v) is 3.31. The standard InChI is InChI=1S/C14H22N2OS.ClH/c1-11-6-8-18-13(11)10-16(2)14(17)4-3-12-5-7-15-9-12;/h6,8,12,15H,3-5,7,9-10H2,1-2H3;1H. The second-order valence-electron chi connectivity index (χ2n) is 5.17. The first-order chi connectivity index (χ1) is 8.66. The summed E-state index contributed by atoms with van der Waals surface area (Å²) in [6.45, 7) is 5.06. The molecule has 0 aromatic carbocycles. The van der Waals surface area contributed by atoms with Gasteiger partial charge >= 0.3 is 0 Å². The van der Waals surface area contributed by atoms with Gasteiger partial charge in [-0.1, -0.05) is 0 Å². The van der Waals surface area contributed by atoms with Gasteiger partial charge in [0.25, 0.3) is 0 Å². The maximum Gasteiger partial charge on any atom is 0.222 e. The summed E-state index contributed by atoms with van der Waals surface area (Å²) in [6, 6.07) is 2.11. The monoisotopic (exact) mass is 302 g/mol. The fourth-order valence-electron chi connectivity index (χ4n) is 2.35. The van der Waals surface area contributed by atoms with Crippen LogP contribution in [0.5, 0.6) is 0 Å². The Morgan fingerprint density at radius 2 is 2.37 bits per heavy atom. The topological polar surface area (TPSA) is 32.3 Å². The molecule has 1 fully saturated rings. The average molecular weight is 303 g/mol. The number of carbonyl (C=O) groups excluding carboxylic acids is 1. The van der Waals surface area contributed by atoms with Crippen LogP contribution >= 0.6 is 23.7 Å². The van der Waals surface area contributed by atoms with E-state index in [4.69, 9.17) is 0 Å². The Morgan fingerprint density at radius 3 is 2.95 bits per heavy atom. The van der Waals surface area contributed by atoms with Crippen LogP contribution in [0.2, 0.25) is 0 Å². The third-order valence-electron chi connectivity index (χ3n) is 3.70. The van der Waals surface area contributed by atoms with E-state index in [0.29, 0.717) is 12.3 Å². The van der Waals surface area contributed by atoms with Crippen LogP contribution < -0.4 is 5.32 Å². The molecule has 2 rings (SSSR count). The lowest BCUT2D eigenvalue weighted by Gasteiger charge is -2.18. The molecule has 0 bridgehead atoms. The third-order valence-corrected chi connectivity index (χ3v) is 4.71. The van der Waals surface area contributed by atoms with Crippen LogP contribution in [-0.2, 0) is 11.3 Å². The number of amides is 1. The first kappa shape index (κ1) is 16.5. The summed E-state index contributed by atoms with van der Waals surface area (Å²) in [5, 5.41) is 5.44. The van der Waals surface area contributed by atoms with E-state index in [1.807, 2.05) is 11.9 Å². The summed E-state index contributed by atoms with van der Waals surface area (Å²) >= 11 is 1.73. The first-order valence-electron chi connectivity index (χ1n) is 6.64. The van der Waals surface area contributed by atoms with E-state index in [0.717, 1.165) is 26.1 Å². The lowest BCUT2D eigenvalue weighted by Crippen LogP contribution is -2.26. The highest BCUT2D eigenvalue weighted by atomic mass is 35.5. The molecule has 1 N–H and O–H groups in total. The van der Waals surface area contributed by atoms with Gasteiger partial charge in [0.15, 0.2) is 0 Å². The number of nitrogens with zero attached hydrogens (tertiary/aromatic N) is 1. The molecule has 0 saturated carbocycles. The van der Waals surface area contributed by atoms with Gasteiger partial charge in [0, 0.05) is 18.3 Å². The van der Waals surface area contributed by atoms with Gasteiger partial charge < -0.3 is 10.2 Å². The molecular formula is C14H23ClN2OS. The van der Waals surface area contributed by atoms with Crippen LogP contribution in [0.4, 0.5) is 0 Å². The first-order valence-corrected chi connectivity index (χ1v) is 7.52. The van der Waals surface area contributed by atoms with Crippen molar-refractivity contribution in [2.45, 2.75) is 32.7 Å². The van der Waals surface area contributed by atoms with Crippen molar-refractivity contribution in [2.75, 3.05) is 20.1 Å². The molecule has 1 amide bonds. The lowest BCUT2D eigenvalue weighted by molar-refractivity contribution is -0.130. The number of carbonyl (C=O) groups is 1. The van der Waals surface area contributed by atoms with Crippen molar-refractivity contribution in [1.82, 2.24) is 10.2 Å². The van der Waals surface area contributed by atoms with Crippen molar-refractivity contribution in [3.63, 3.8) is 0 Å². The van der Waals surface area contributed by atoms with Gasteiger partial charge in [-0.3, -0.25) is 4.79 Å². The van der Waals surface area contributed by atoms with Crippen LogP contribution in [0.1, 0.15) is 29.7 Å². The van der Waals surface area contributed by atoms with Crippen LogP contribution in [0.15, 0.2) is 11.4 Å². The van der Waals surface area contributed by atoms with Gasteiger partial charge in [0.1, 0.15) is 0 Å². The fraction of sp³-hybridized carbons (Fsp3) is 0.643. The molecule has 108 valence electrons. The quantitative estimate of drug-likeness (QED) is 0.907. The lowest BCUT2D eigenvalue weighted by atomic mass is 10.0. The summed E-state index contributed by atoms with van der Waals surface area (Å²) in [4.78, 5) is 15.2. The minimum atomic E-state index is 0. The summed E-state index contributed by atoms with van der Waals surface area (Å²) in [5.41, 5.74) is 1.29. The average Bonchev–Trinajstić information content (AvgIpc) is 2.99. The molecule has 1 unspecified atom stereocenters. The SMILES string of the molecule is Cc1ccsc1CN(C)C(=O)CCC1CCNC1.Cl. The van der Waals surface area contributed by atoms with Crippen molar-refractivity contribution >= 4 is 29.7 Å². The van der Waals surface area contributed by atoms with Gasteiger partial charge in [0.05, 0.1) is 6.54 Å². The van der Waals surface area contributed by atoms with E-state index < -0.39 is 0 Å². The highest BCUT2D eigenvalue weighted by Gasteiger charge is 2.17. The zero-order valence-electron chi connectivity index (χ0n) is 11.6. The molecule has 1 saturated heterocycles. The second-order valence-corrected chi connectivity index (χ2v) is 6.17. The molecule has 19 heavy (non-hydrogen) atoms. The maximum absolute atomic E-state index is 12.0. The number of aryl methyl sites for hydroxylation is 1. The van der Waals surface area contributed by atoms with E-state index in [9.17, 15) is 4.79 Å². The smallest absolute Gasteiger partial charge is 0.222 e. The highest BCUT2D eigenvalue weighted by Crippen LogP contribution is 2.19. The zero-order valence-corrected chi connectivity index (χ0v) is 13.3. The van der Waals surface area contributed by atoms with Crippen molar-refractivity contribution in [3.05, 3.63) is 21.9 Å². The van der Waals surface area contributed by atoms with Gasteiger partial charge in [0.2, 0.25) is 5.91 Å². The molecule has 2 heterocycles. The Balaban J connectivity index is 0.00000180. The van der Waals surface area contributed by atoms with Gasteiger partial charge in [-0.05, 0) is 55.8 Å². The normalized spacial score (nSPS) is 18.1. The molecule has 0 spiro atoms. The molecule has 0 radical (unpaired) electrons. The number of halogens is 1. The van der Waals surface area contributed by atoms with E-state index in [2.05, 4.69) is 23.7 Å². The van der Waals surface area contributed by atoms with Crippen LogP contribution in [0, 0.1) is 12.8 Å². The van der Waals surface area contributed by atoms with E-state index in [1.165, 1.54) is 16.9 Å². The van der Waals surface area contributed by atoms with Gasteiger partial charge in [-0.25, -0.2) is 0 Å². The van der Waals surface area contributed by atoms with E-state index in [1.54, 1.807) is 11.3 Å². The molecular weight excluding hydrogens is 280 g/mol. The Kier molecular flexibility index (Phi) is 6.83. The van der Waals surface area contributed by atoms with Crippen molar-refractivity contribution < 1.29 is 4.79 Å². The Morgan fingerprint density at radius 1 is 1.58 bits per heavy atom. The van der Waals surface area contributed by atoms with Crippen molar-refractivity contribution in [1.29, 1.82) is 0 Å². The number of hydrogen-bond acceptors (Lipinski definition) is 3. The van der Waals surface area contributed by atoms with Crippen LogP contribution in [0.25, 0.3) is 0 Å². The number of rotatable bonds is 5. The second kappa shape index (κ2) is 7.88. The Labute approximate surface area is 125 Å². The predicted octanol–water partition coefficient (Wildman–Crippen LogP) is 2.83. The number of thiophene rings is 1. The zero-order chi connectivity index (χ0) is 13.0. The molecule has 1 atom stereocenters. The van der Waals surface area contributed by atoms with Crippen molar-refractivity contribution in [3.8, 4) is 0 Å². The molecule has 3 nitrogen and oxygen atoms in total. The number of nitrogens with one attached hydrogen (secondary N) is 1. The minimum absolute atomic E-state index is 0. The molecule has 1 aliphatic heterocycles. The third kappa shape index (κ3) is 4.79. The minimum Gasteiger partial charge on any atom is -0.341 e. The number of hydrogen-bond donors (Lipinski definition) is 1. The Bertz CT molecular complexity index is 402. The molecule has 1 aliphatic rings.